The van der Waals surface area contributed by atoms with Gasteiger partial charge in [0, 0.05) is 18.7 Å². The Morgan fingerprint density at radius 2 is 2.21 bits per heavy atom. The van der Waals surface area contributed by atoms with Crippen molar-refractivity contribution in [3.8, 4) is 0 Å². The molecule has 0 aliphatic carbocycles. The number of hydrogen-bond donors (Lipinski definition) is 1. The van der Waals surface area contributed by atoms with E-state index in [1.807, 2.05) is 19.9 Å². The summed E-state index contributed by atoms with van der Waals surface area (Å²) < 4.78 is 13.6. The molecule has 2 rings (SSSR count). The molecule has 2 heteroatoms. The Morgan fingerprint density at radius 1 is 1.43 bits per heavy atom. The van der Waals surface area contributed by atoms with Gasteiger partial charge in [-0.1, -0.05) is 13.8 Å². The molecule has 1 aromatic carbocycles. The van der Waals surface area contributed by atoms with Crippen molar-refractivity contribution < 1.29 is 4.39 Å². The first-order valence-corrected chi connectivity index (χ1v) is 4.99. The number of fused-ring (bicyclic) bond motifs is 1. The number of anilines is 1. The topological polar surface area (TPSA) is 12.0 Å². The van der Waals surface area contributed by atoms with Crippen molar-refractivity contribution in [2.45, 2.75) is 26.2 Å². The predicted molar refractivity (Wildman–Crippen MR) is 55.9 cm³/mol. The lowest BCUT2D eigenvalue weighted by Gasteiger charge is -2.19. The van der Waals surface area contributed by atoms with Crippen LogP contribution in [0.5, 0.6) is 0 Å². The minimum absolute atomic E-state index is 0.116. The molecule has 0 aromatic heterocycles. The molecule has 1 N–H and O–H groups in total. The van der Waals surface area contributed by atoms with E-state index in [4.69, 9.17) is 0 Å². The van der Waals surface area contributed by atoms with Crippen molar-refractivity contribution in [2.24, 2.45) is 0 Å². The fourth-order valence-corrected chi connectivity index (χ4v) is 1.72. The third kappa shape index (κ3) is 1.61. The first-order valence-electron chi connectivity index (χ1n) is 4.99. The molecule has 2 radical (unpaired) electrons. The molecule has 14 heavy (non-hydrogen) atoms. The van der Waals surface area contributed by atoms with E-state index in [0.29, 0.717) is 0 Å². The highest BCUT2D eigenvalue weighted by Gasteiger charge is 2.14. The lowest BCUT2D eigenvalue weighted by molar-refractivity contribution is 0.597. The third-order valence-corrected chi connectivity index (χ3v) is 2.51. The van der Waals surface area contributed by atoms with Crippen molar-refractivity contribution in [1.29, 1.82) is 0 Å². The highest BCUT2D eigenvalue weighted by atomic mass is 19.1. The normalized spacial score (nSPS) is 15.1. The van der Waals surface area contributed by atoms with Gasteiger partial charge in [0.1, 0.15) is 5.82 Å². The molecule has 0 bridgehead atoms. The minimum atomic E-state index is -0.116. The number of benzene rings is 1. The number of nitrogens with one attached hydrogen (secondary N) is 1. The van der Waals surface area contributed by atoms with Gasteiger partial charge in [0.25, 0.3) is 0 Å². The first-order chi connectivity index (χ1) is 6.68. The molecule has 0 fully saturated rings. The lowest BCUT2D eigenvalue weighted by Crippen LogP contribution is -2.11. The van der Waals surface area contributed by atoms with Crippen LogP contribution in [0.2, 0.25) is 0 Å². The average Bonchev–Trinajstić information content (AvgIpc) is 2.16. The van der Waals surface area contributed by atoms with Crippen LogP contribution in [0, 0.1) is 12.2 Å². The summed E-state index contributed by atoms with van der Waals surface area (Å²) in [7, 11) is 0. The van der Waals surface area contributed by atoms with Gasteiger partial charge in [0.2, 0.25) is 0 Å². The maximum Gasteiger partial charge on any atom is 0.128 e. The molecule has 1 aromatic rings. The summed E-state index contributed by atoms with van der Waals surface area (Å²) >= 11 is 0. The zero-order valence-corrected chi connectivity index (χ0v) is 8.52. The van der Waals surface area contributed by atoms with Crippen molar-refractivity contribution in [1.82, 2.24) is 0 Å². The van der Waals surface area contributed by atoms with Gasteiger partial charge in [-0.15, -0.1) is 0 Å². The Hall–Kier alpha value is -1.05. The Bertz CT molecular complexity index is 344. The van der Waals surface area contributed by atoms with Gasteiger partial charge in [-0.2, -0.15) is 0 Å². The maximum atomic E-state index is 13.6. The van der Waals surface area contributed by atoms with Gasteiger partial charge in [0.15, 0.2) is 0 Å². The van der Waals surface area contributed by atoms with E-state index < -0.39 is 0 Å². The number of rotatable bonds is 1. The molecule has 0 unspecified atom stereocenters. The molecule has 1 aliphatic rings. The summed E-state index contributed by atoms with van der Waals surface area (Å²) in [5.74, 6) is 0.110. The third-order valence-electron chi connectivity index (χ3n) is 2.51. The minimum Gasteiger partial charge on any atom is -0.385 e. The fraction of sp³-hybridized carbons (Fsp3) is 0.417. The highest BCUT2D eigenvalue weighted by Crippen LogP contribution is 2.29. The van der Waals surface area contributed by atoms with Crippen molar-refractivity contribution in [3.05, 3.63) is 35.5 Å². The maximum absolute atomic E-state index is 13.6. The SMILES string of the molecule is CC(C)c1cc2c(cc1F)NCC[C]2. The first kappa shape index (κ1) is 9.50. The van der Waals surface area contributed by atoms with Crippen LogP contribution in [0.4, 0.5) is 10.1 Å². The van der Waals surface area contributed by atoms with E-state index in [0.717, 1.165) is 29.8 Å². The monoisotopic (exact) mass is 191 g/mol. The van der Waals surface area contributed by atoms with Crippen LogP contribution in [0.15, 0.2) is 12.1 Å². The second kappa shape index (κ2) is 3.60. The molecule has 1 nitrogen and oxygen atoms in total. The molecule has 1 aliphatic heterocycles. The molecule has 0 saturated heterocycles. The largest absolute Gasteiger partial charge is 0.385 e. The zero-order chi connectivity index (χ0) is 10.1. The number of hydrogen-bond acceptors (Lipinski definition) is 1. The standard InChI is InChI=1S/C12H14FN/c1-8(2)10-6-9-4-3-5-14-12(9)7-11(10)13/h6-8,14H,3,5H2,1-2H3. The summed E-state index contributed by atoms with van der Waals surface area (Å²) in [4.78, 5) is 0. The summed E-state index contributed by atoms with van der Waals surface area (Å²) in [6, 6.07) is 3.48. The Kier molecular flexibility index (Phi) is 2.44. The van der Waals surface area contributed by atoms with Gasteiger partial charge in [-0.25, -0.2) is 4.39 Å². The van der Waals surface area contributed by atoms with E-state index in [9.17, 15) is 4.39 Å². The van der Waals surface area contributed by atoms with Gasteiger partial charge in [0.05, 0.1) is 0 Å². The second-order valence-corrected chi connectivity index (χ2v) is 3.93. The molecule has 0 saturated carbocycles. The van der Waals surface area contributed by atoms with Crippen molar-refractivity contribution in [3.63, 3.8) is 0 Å². The fourth-order valence-electron chi connectivity index (χ4n) is 1.72. The zero-order valence-electron chi connectivity index (χ0n) is 8.52. The van der Waals surface area contributed by atoms with Gasteiger partial charge in [-0.3, -0.25) is 0 Å². The van der Waals surface area contributed by atoms with Crippen LogP contribution in [0.1, 0.15) is 37.3 Å². The van der Waals surface area contributed by atoms with Crippen molar-refractivity contribution in [2.75, 3.05) is 11.9 Å². The van der Waals surface area contributed by atoms with E-state index in [2.05, 4.69) is 11.7 Å². The van der Waals surface area contributed by atoms with Crippen LogP contribution in [-0.2, 0) is 0 Å². The molecule has 0 atom stereocenters. The van der Waals surface area contributed by atoms with Crippen LogP contribution < -0.4 is 5.32 Å². The van der Waals surface area contributed by atoms with Crippen molar-refractivity contribution >= 4 is 5.69 Å². The summed E-state index contributed by atoms with van der Waals surface area (Å²) in [5.41, 5.74) is 2.67. The van der Waals surface area contributed by atoms with E-state index in [1.54, 1.807) is 6.07 Å². The van der Waals surface area contributed by atoms with Crippen LogP contribution in [0.25, 0.3) is 0 Å². The van der Waals surface area contributed by atoms with Crippen LogP contribution in [-0.4, -0.2) is 6.54 Å². The molecular weight excluding hydrogens is 177 g/mol. The number of halogens is 1. The van der Waals surface area contributed by atoms with E-state index in [-0.39, 0.29) is 11.7 Å². The molecule has 0 amide bonds. The summed E-state index contributed by atoms with van der Waals surface area (Å²) in [5, 5.41) is 3.17. The van der Waals surface area contributed by atoms with Gasteiger partial charge >= 0.3 is 0 Å². The summed E-state index contributed by atoms with van der Waals surface area (Å²) in [6.45, 7) is 4.86. The second-order valence-electron chi connectivity index (χ2n) is 3.93. The van der Waals surface area contributed by atoms with E-state index in [1.165, 1.54) is 0 Å². The molecular formula is C12H14FN. The molecule has 74 valence electrons. The van der Waals surface area contributed by atoms with Crippen LogP contribution >= 0.6 is 0 Å². The quantitative estimate of drug-likeness (QED) is 0.718. The lowest BCUT2D eigenvalue weighted by atomic mass is 9.95. The molecule has 1 heterocycles. The van der Waals surface area contributed by atoms with Gasteiger partial charge < -0.3 is 5.32 Å². The average molecular weight is 191 g/mol. The Balaban J connectivity index is 2.45. The Labute approximate surface area is 84.3 Å². The molecule has 0 spiro atoms. The summed E-state index contributed by atoms with van der Waals surface area (Å²) in [6.07, 6.45) is 4.15. The smallest absolute Gasteiger partial charge is 0.128 e. The van der Waals surface area contributed by atoms with Crippen LogP contribution in [0.3, 0.4) is 0 Å². The van der Waals surface area contributed by atoms with E-state index >= 15 is 0 Å². The predicted octanol–water partition coefficient (Wildman–Crippen LogP) is 3.19. The Morgan fingerprint density at radius 3 is 2.93 bits per heavy atom. The highest BCUT2D eigenvalue weighted by molar-refractivity contribution is 5.58. The van der Waals surface area contributed by atoms with Gasteiger partial charge in [-0.05, 0) is 35.6 Å².